The maximum Gasteiger partial charge on any atom is 0.320 e. The van der Waals surface area contributed by atoms with Crippen molar-refractivity contribution in [3.63, 3.8) is 0 Å². The minimum atomic E-state index is -0.933. The van der Waals surface area contributed by atoms with Crippen molar-refractivity contribution >= 4 is 11.9 Å². The summed E-state index contributed by atoms with van der Waals surface area (Å²) in [4.78, 5) is 22.3. The zero-order chi connectivity index (χ0) is 22.9. The highest BCUT2D eigenvalue weighted by Crippen LogP contribution is 2.22. The quantitative estimate of drug-likeness (QED) is 0.382. The molecule has 0 fully saturated rings. The largest absolute Gasteiger partial charge is 0.480 e. The fourth-order valence-corrected chi connectivity index (χ4v) is 3.05. The molecule has 170 valence electrons. The van der Waals surface area contributed by atoms with E-state index in [2.05, 4.69) is 36.5 Å². The van der Waals surface area contributed by atoms with Gasteiger partial charge in [0.2, 0.25) is 5.91 Å². The summed E-state index contributed by atoms with van der Waals surface area (Å²) in [5.41, 5.74) is 12.7. The predicted octanol–water partition coefficient (Wildman–Crippen LogP) is 4.00. The van der Waals surface area contributed by atoms with Crippen LogP contribution in [0, 0.1) is 0 Å². The monoisotopic (exact) mass is 427 g/mol. The molecule has 1 amide bonds. The number of aliphatic carboxylic acids is 1. The highest BCUT2D eigenvalue weighted by molar-refractivity contribution is 5.77. The highest BCUT2D eigenvalue weighted by Gasteiger charge is 2.16. The number of benzene rings is 2. The molecule has 0 spiro atoms. The molecule has 1 atom stereocenters. The Morgan fingerprint density at radius 3 is 1.90 bits per heavy atom. The molecule has 2 aromatic carbocycles. The Kier molecular flexibility index (Phi) is 13.6. The first-order valence-electron chi connectivity index (χ1n) is 11.1. The lowest BCUT2D eigenvalue weighted by molar-refractivity contribution is -0.138. The fourth-order valence-electron chi connectivity index (χ4n) is 3.05. The van der Waals surface area contributed by atoms with E-state index in [0.717, 1.165) is 43.2 Å². The second-order valence-corrected chi connectivity index (χ2v) is 7.51. The van der Waals surface area contributed by atoms with Gasteiger partial charge in [-0.2, -0.15) is 0 Å². The molecule has 6 N–H and O–H groups in total. The average Bonchev–Trinajstić information content (AvgIpc) is 2.79. The van der Waals surface area contributed by atoms with Gasteiger partial charge < -0.3 is 21.9 Å². The molecule has 0 heterocycles. The van der Waals surface area contributed by atoms with Crippen LogP contribution in [0.4, 0.5) is 0 Å². The van der Waals surface area contributed by atoms with E-state index in [9.17, 15) is 9.59 Å². The minimum absolute atomic E-state index is 0.0680. The van der Waals surface area contributed by atoms with Gasteiger partial charge in [0.1, 0.15) is 6.04 Å². The van der Waals surface area contributed by atoms with Gasteiger partial charge in [-0.3, -0.25) is 9.59 Å². The van der Waals surface area contributed by atoms with E-state index in [1.54, 1.807) is 0 Å². The molecule has 31 heavy (non-hydrogen) atoms. The van der Waals surface area contributed by atoms with E-state index in [0.29, 0.717) is 19.4 Å². The predicted molar refractivity (Wildman–Crippen MR) is 126 cm³/mol. The van der Waals surface area contributed by atoms with Crippen molar-refractivity contribution in [1.82, 2.24) is 5.32 Å². The number of rotatable bonds is 12. The van der Waals surface area contributed by atoms with Crippen LogP contribution in [0.1, 0.15) is 69.0 Å². The topological polar surface area (TPSA) is 118 Å². The van der Waals surface area contributed by atoms with Crippen molar-refractivity contribution in [3.8, 4) is 0 Å². The second-order valence-electron chi connectivity index (χ2n) is 7.51. The van der Waals surface area contributed by atoms with Crippen LogP contribution in [0.5, 0.6) is 0 Å². The van der Waals surface area contributed by atoms with Gasteiger partial charge in [-0.25, -0.2) is 0 Å². The zero-order valence-corrected chi connectivity index (χ0v) is 18.5. The number of carboxylic acids is 1. The summed E-state index contributed by atoms with van der Waals surface area (Å²) >= 11 is 0. The summed E-state index contributed by atoms with van der Waals surface area (Å²) in [6, 6.07) is 19.5. The van der Waals surface area contributed by atoms with Crippen LogP contribution in [-0.4, -0.2) is 29.6 Å². The maximum atomic E-state index is 12.2. The molecule has 6 heteroatoms. The molecule has 0 aliphatic heterocycles. The van der Waals surface area contributed by atoms with E-state index in [-0.39, 0.29) is 11.9 Å². The standard InChI is InChI=1S/C19H23NO.C6H14N2O2/c1-2-3-6-15-18(21)20-19(16-11-7-4-8-12-16)17-13-9-5-10-14-17;7-4-2-1-3-5(8)6(9)10/h4-5,7-14,19H,2-3,6,15H2,1H3,(H,20,21);5H,1-4,7-8H2,(H,9,10). The summed E-state index contributed by atoms with van der Waals surface area (Å²) in [5.74, 6) is -0.807. The van der Waals surface area contributed by atoms with Crippen molar-refractivity contribution in [2.75, 3.05) is 6.54 Å². The van der Waals surface area contributed by atoms with Crippen LogP contribution in [0.3, 0.4) is 0 Å². The lowest BCUT2D eigenvalue weighted by Crippen LogP contribution is -2.29. The number of hydrogen-bond acceptors (Lipinski definition) is 4. The Bertz CT molecular complexity index is 699. The number of nitrogens with two attached hydrogens (primary N) is 2. The molecule has 0 saturated heterocycles. The molecule has 0 saturated carbocycles. The highest BCUT2D eigenvalue weighted by atomic mass is 16.4. The number of amides is 1. The Hall–Kier alpha value is -2.70. The Labute approximate surface area is 186 Å². The first kappa shape index (κ1) is 26.3. The van der Waals surface area contributed by atoms with Gasteiger partial charge in [-0.1, -0.05) is 86.8 Å². The molecular formula is C25H37N3O3. The maximum absolute atomic E-state index is 12.2. The molecule has 0 bridgehead atoms. The van der Waals surface area contributed by atoms with Gasteiger partial charge in [0.25, 0.3) is 0 Å². The Balaban J connectivity index is 0.000000407. The number of carbonyl (C=O) groups excluding carboxylic acids is 1. The molecule has 0 aliphatic rings. The zero-order valence-electron chi connectivity index (χ0n) is 18.5. The molecule has 2 rings (SSSR count). The van der Waals surface area contributed by atoms with Crippen LogP contribution in [-0.2, 0) is 9.59 Å². The molecule has 0 aromatic heterocycles. The second kappa shape index (κ2) is 16.1. The number of carboxylic acid groups (broad SMARTS) is 1. The van der Waals surface area contributed by atoms with E-state index in [4.69, 9.17) is 16.6 Å². The first-order chi connectivity index (χ1) is 15.0. The van der Waals surface area contributed by atoms with Crippen LogP contribution < -0.4 is 16.8 Å². The van der Waals surface area contributed by atoms with Gasteiger partial charge in [0, 0.05) is 6.42 Å². The van der Waals surface area contributed by atoms with Crippen molar-refractivity contribution in [2.24, 2.45) is 11.5 Å². The minimum Gasteiger partial charge on any atom is -0.480 e. The summed E-state index contributed by atoms with van der Waals surface area (Å²) in [7, 11) is 0. The summed E-state index contributed by atoms with van der Waals surface area (Å²) in [5, 5.41) is 11.5. The molecular weight excluding hydrogens is 390 g/mol. The number of hydrogen-bond donors (Lipinski definition) is 4. The summed E-state index contributed by atoms with van der Waals surface area (Å²) in [6.45, 7) is 2.75. The Morgan fingerprint density at radius 2 is 1.45 bits per heavy atom. The molecule has 0 aliphatic carbocycles. The SMILES string of the molecule is CCCCCC(=O)NC(c1ccccc1)c1ccccc1.NCCCCC(N)C(=O)O. The van der Waals surface area contributed by atoms with Crippen LogP contribution >= 0.6 is 0 Å². The molecule has 1 unspecified atom stereocenters. The van der Waals surface area contributed by atoms with E-state index in [1.807, 2.05) is 36.4 Å². The normalized spacial score (nSPS) is 11.4. The van der Waals surface area contributed by atoms with Crippen molar-refractivity contribution in [2.45, 2.75) is 64.0 Å². The lowest BCUT2D eigenvalue weighted by Gasteiger charge is -2.20. The van der Waals surface area contributed by atoms with Crippen molar-refractivity contribution in [3.05, 3.63) is 71.8 Å². The van der Waals surface area contributed by atoms with Gasteiger partial charge in [-0.05, 0) is 36.9 Å². The number of unbranched alkanes of at least 4 members (excludes halogenated alkanes) is 3. The summed E-state index contributed by atoms with van der Waals surface area (Å²) < 4.78 is 0. The average molecular weight is 428 g/mol. The molecule has 0 radical (unpaired) electrons. The molecule has 2 aromatic rings. The lowest BCUT2D eigenvalue weighted by atomic mass is 9.98. The van der Waals surface area contributed by atoms with Gasteiger partial charge in [0.15, 0.2) is 0 Å². The fraction of sp³-hybridized carbons (Fsp3) is 0.440. The number of carbonyl (C=O) groups is 2. The van der Waals surface area contributed by atoms with Crippen LogP contribution in [0.2, 0.25) is 0 Å². The van der Waals surface area contributed by atoms with E-state index < -0.39 is 12.0 Å². The Morgan fingerprint density at radius 1 is 0.903 bits per heavy atom. The smallest absolute Gasteiger partial charge is 0.320 e. The van der Waals surface area contributed by atoms with Crippen LogP contribution in [0.25, 0.3) is 0 Å². The van der Waals surface area contributed by atoms with Crippen LogP contribution in [0.15, 0.2) is 60.7 Å². The third-order valence-corrected chi connectivity index (χ3v) is 4.86. The van der Waals surface area contributed by atoms with E-state index in [1.165, 1.54) is 0 Å². The van der Waals surface area contributed by atoms with Gasteiger partial charge >= 0.3 is 5.97 Å². The number of nitrogens with one attached hydrogen (secondary N) is 1. The summed E-state index contributed by atoms with van der Waals surface area (Å²) in [6.07, 6.45) is 5.96. The third-order valence-electron chi connectivity index (χ3n) is 4.86. The van der Waals surface area contributed by atoms with Crippen molar-refractivity contribution < 1.29 is 14.7 Å². The first-order valence-corrected chi connectivity index (χ1v) is 11.1. The molecule has 6 nitrogen and oxygen atoms in total. The van der Waals surface area contributed by atoms with Gasteiger partial charge in [0.05, 0.1) is 6.04 Å². The van der Waals surface area contributed by atoms with Gasteiger partial charge in [-0.15, -0.1) is 0 Å². The third kappa shape index (κ3) is 11.3. The van der Waals surface area contributed by atoms with E-state index >= 15 is 0 Å². The van der Waals surface area contributed by atoms with Crippen molar-refractivity contribution in [1.29, 1.82) is 0 Å².